The first-order valence-electron chi connectivity index (χ1n) is 3.94. The van der Waals surface area contributed by atoms with Gasteiger partial charge in [0.25, 0.3) is 0 Å². The molecule has 0 saturated heterocycles. The molecule has 13 heavy (non-hydrogen) atoms. The van der Waals surface area contributed by atoms with Crippen molar-refractivity contribution in [3.8, 4) is 0 Å². The van der Waals surface area contributed by atoms with Gasteiger partial charge in [-0.3, -0.25) is 9.36 Å². The summed E-state index contributed by atoms with van der Waals surface area (Å²) in [6.07, 6.45) is 4.99. The highest BCUT2D eigenvalue weighted by Crippen LogP contribution is 2.13. The Morgan fingerprint density at radius 1 is 1.38 bits per heavy atom. The topological polar surface area (TPSA) is 52.0 Å². The molecule has 0 bridgehead atoms. The number of allylic oxidation sites excluding steroid dienone is 1. The molecule has 4 nitrogen and oxygen atoms in total. The van der Waals surface area contributed by atoms with Crippen LogP contribution in [0.15, 0.2) is 17.1 Å². The van der Waals surface area contributed by atoms with Gasteiger partial charge >= 0.3 is 5.69 Å². The molecule has 66 valence electrons. The number of rotatable bonds is 0. The fraction of sp³-hybridized carbons (Fsp3) is 0.222. The summed E-state index contributed by atoms with van der Waals surface area (Å²) in [4.78, 5) is 25.8. The van der Waals surface area contributed by atoms with Crippen LogP contribution in [0, 0.1) is 0 Å². The quantitative estimate of drug-likeness (QED) is 0.555. The van der Waals surface area contributed by atoms with Gasteiger partial charge in [-0.2, -0.15) is 0 Å². The van der Waals surface area contributed by atoms with Gasteiger partial charge in [0.2, 0.25) is 0 Å². The van der Waals surface area contributed by atoms with Crippen LogP contribution in [0.4, 0.5) is 0 Å². The van der Waals surface area contributed by atoms with Crippen molar-refractivity contribution in [2.24, 2.45) is 7.05 Å². The van der Waals surface area contributed by atoms with Gasteiger partial charge in [0.15, 0.2) is 5.78 Å². The van der Waals surface area contributed by atoms with E-state index < -0.39 is 0 Å². The average molecular weight is 176 g/mol. The Morgan fingerprint density at radius 3 is 2.92 bits per heavy atom. The average Bonchev–Trinajstić information content (AvgIpc) is 2.12. The zero-order chi connectivity index (χ0) is 9.42. The molecule has 1 aromatic rings. The van der Waals surface area contributed by atoms with Crippen LogP contribution >= 0.6 is 0 Å². The van der Waals surface area contributed by atoms with E-state index in [-0.39, 0.29) is 11.5 Å². The van der Waals surface area contributed by atoms with Crippen LogP contribution < -0.4 is 5.69 Å². The summed E-state index contributed by atoms with van der Waals surface area (Å²) >= 11 is 0. The number of hydrogen-bond donors (Lipinski definition) is 0. The lowest BCUT2D eigenvalue weighted by molar-refractivity contribution is -0.114. The molecule has 0 spiro atoms. The molecule has 1 aromatic heterocycles. The van der Waals surface area contributed by atoms with E-state index >= 15 is 0 Å². The maximum Gasteiger partial charge on any atom is 0.347 e. The van der Waals surface area contributed by atoms with Crippen molar-refractivity contribution in [3.63, 3.8) is 0 Å². The smallest absolute Gasteiger partial charge is 0.298 e. The Kier molecular flexibility index (Phi) is 1.62. The highest BCUT2D eigenvalue weighted by Gasteiger charge is 2.13. The van der Waals surface area contributed by atoms with Crippen molar-refractivity contribution in [3.05, 3.63) is 34.0 Å². The van der Waals surface area contributed by atoms with Gasteiger partial charge in [-0.05, 0) is 12.2 Å². The Bertz CT molecular complexity index is 457. The van der Waals surface area contributed by atoms with E-state index in [2.05, 4.69) is 4.98 Å². The molecule has 0 aliphatic heterocycles. The zero-order valence-corrected chi connectivity index (χ0v) is 7.15. The Balaban J connectivity index is 2.71. The molecular weight excluding hydrogens is 168 g/mol. The molecule has 0 unspecified atom stereocenters. The van der Waals surface area contributed by atoms with Gasteiger partial charge in [0.05, 0.1) is 6.42 Å². The largest absolute Gasteiger partial charge is 0.347 e. The minimum atomic E-state index is -0.318. The Morgan fingerprint density at radius 2 is 2.15 bits per heavy atom. The lowest BCUT2D eigenvalue weighted by Gasteiger charge is -2.11. The summed E-state index contributed by atoms with van der Waals surface area (Å²) in [5.41, 5.74) is 1.27. The normalized spacial score (nSPS) is 14.4. The summed E-state index contributed by atoms with van der Waals surface area (Å²) in [5, 5.41) is 0. The van der Waals surface area contributed by atoms with E-state index in [9.17, 15) is 9.59 Å². The molecule has 1 aliphatic rings. The lowest BCUT2D eigenvalue weighted by Crippen LogP contribution is -2.26. The third kappa shape index (κ3) is 1.20. The van der Waals surface area contributed by atoms with Crippen molar-refractivity contribution >= 4 is 11.9 Å². The van der Waals surface area contributed by atoms with Gasteiger partial charge in [-0.25, -0.2) is 9.78 Å². The number of carbonyl (C=O) groups excluding carboxylic acids is 1. The molecule has 0 fully saturated rings. The molecule has 2 rings (SSSR count). The number of hydrogen-bond acceptors (Lipinski definition) is 3. The third-order valence-corrected chi connectivity index (χ3v) is 2.13. The SMILES string of the molecule is Cn1c2c(cnc1=O)C=CC(=O)C2. The van der Waals surface area contributed by atoms with E-state index in [0.29, 0.717) is 6.42 Å². The first-order chi connectivity index (χ1) is 6.18. The molecule has 1 heterocycles. The minimum Gasteiger partial charge on any atom is -0.298 e. The summed E-state index contributed by atoms with van der Waals surface area (Å²) in [6.45, 7) is 0. The first-order valence-corrected chi connectivity index (χ1v) is 3.94. The van der Waals surface area contributed by atoms with Gasteiger partial charge in [-0.15, -0.1) is 0 Å². The van der Waals surface area contributed by atoms with Crippen molar-refractivity contribution < 1.29 is 4.79 Å². The molecule has 0 atom stereocenters. The number of fused-ring (bicyclic) bond motifs is 1. The van der Waals surface area contributed by atoms with Crippen LogP contribution in [-0.4, -0.2) is 15.3 Å². The number of nitrogens with zero attached hydrogens (tertiary/aromatic N) is 2. The second kappa shape index (κ2) is 2.65. The molecule has 0 amide bonds. The van der Waals surface area contributed by atoms with Crippen molar-refractivity contribution in [1.29, 1.82) is 0 Å². The summed E-state index contributed by atoms with van der Waals surface area (Å²) < 4.78 is 1.41. The highest BCUT2D eigenvalue weighted by molar-refractivity contribution is 5.97. The van der Waals surface area contributed by atoms with Crippen molar-refractivity contribution in [2.45, 2.75) is 6.42 Å². The van der Waals surface area contributed by atoms with Gasteiger partial charge in [-0.1, -0.05) is 0 Å². The highest BCUT2D eigenvalue weighted by atomic mass is 16.1. The lowest BCUT2D eigenvalue weighted by atomic mass is 10.0. The number of aromatic nitrogens is 2. The minimum absolute atomic E-state index is 0.0219. The van der Waals surface area contributed by atoms with Gasteiger partial charge in [0.1, 0.15) is 0 Å². The second-order valence-electron chi connectivity index (χ2n) is 2.98. The van der Waals surface area contributed by atoms with E-state index in [1.165, 1.54) is 16.8 Å². The predicted molar refractivity (Wildman–Crippen MR) is 47.2 cm³/mol. The van der Waals surface area contributed by atoms with E-state index in [1.54, 1.807) is 13.1 Å². The van der Waals surface area contributed by atoms with Crippen LogP contribution in [0.1, 0.15) is 11.3 Å². The summed E-state index contributed by atoms with van der Waals surface area (Å²) in [7, 11) is 1.63. The monoisotopic (exact) mass is 176 g/mol. The summed E-state index contributed by atoms with van der Waals surface area (Å²) in [5.74, 6) is 0.0219. The standard InChI is InChI=1S/C9H8N2O2/c1-11-8-4-7(12)3-2-6(8)5-10-9(11)13/h2-3,5H,4H2,1H3. The maximum atomic E-state index is 11.1. The van der Waals surface area contributed by atoms with Crippen molar-refractivity contribution in [1.82, 2.24) is 9.55 Å². The molecule has 0 radical (unpaired) electrons. The van der Waals surface area contributed by atoms with E-state index in [1.807, 2.05) is 0 Å². The van der Waals surface area contributed by atoms with Crippen molar-refractivity contribution in [2.75, 3.05) is 0 Å². The third-order valence-electron chi connectivity index (χ3n) is 2.13. The fourth-order valence-electron chi connectivity index (χ4n) is 1.36. The Hall–Kier alpha value is -1.71. The number of ketones is 1. The van der Waals surface area contributed by atoms with E-state index in [4.69, 9.17) is 0 Å². The zero-order valence-electron chi connectivity index (χ0n) is 7.15. The molecular formula is C9H8N2O2. The van der Waals surface area contributed by atoms with Crippen LogP contribution in [0.2, 0.25) is 0 Å². The molecule has 4 heteroatoms. The van der Waals surface area contributed by atoms with Crippen LogP contribution in [0.3, 0.4) is 0 Å². The number of carbonyl (C=O) groups is 1. The van der Waals surface area contributed by atoms with Gasteiger partial charge in [0, 0.05) is 24.5 Å². The van der Waals surface area contributed by atoms with Crippen LogP contribution in [0.25, 0.3) is 6.08 Å². The first kappa shape index (κ1) is 7.91. The van der Waals surface area contributed by atoms with E-state index in [0.717, 1.165) is 11.3 Å². The Labute approximate surface area is 74.5 Å². The predicted octanol–water partition coefficient (Wildman–Crippen LogP) is -0.0813. The maximum absolute atomic E-state index is 11.1. The second-order valence-corrected chi connectivity index (χ2v) is 2.98. The van der Waals surface area contributed by atoms with Gasteiger partial charge < -0.3 is 0 Å². The fourth-order valence-corrected chi connectivity index (χ4v) is 1.36. The summed E-state index contributed by atoms with van der Waals surface area (Å²) in [6, 6.07) is 0. The molecule has 0 N–H and O–H groups in total. The molecule has 0 saturated carbocycles. The molecule has 0 aromatic carbocycles. The van der Waals surface area contributed by atoms with Crippen LogP contribution in [0.5, 0.6) is 0 Å². The van der Waals surface area contributed by atoms with Crippen LogP contribution in [-0.2, 0) is 18.3 Å². The molecule has 1 aliphatic carbocycles.